The highest BCUT2D eigenvalue weighted by atomic mass is 16.5. The van der Waals surface area contributed by atoms with Crippen LogP contribution in [0.2, 0.25) is 0 Å². The summed E-state index contributed by atoms with van der Waals surface area (Å²) in [7, 11) is 1.67. The number of ether oxygens (including phenoxy) is 2. The molecule has 22 heavy (non-hydrogen) atoms. The summed E-state index contributed by atoms with van der Waals surface area (Å²) in [5.74, 6) is 0.604. The third-order valence-electron chi connectivity index (χ3n) is 3.81. The molecule has 118 valence electrons. The number of nitrogens with zero attached hydrogens (tertiary/aromatic N) is 2. The molecule has 1 amide bonds. The molecule has 6 nitrogen and oxygen atoms in total. The second-order valence-electron chi connectivity index (χ2n) is 5.44. The van der Waals surface area contributed by atoms with Crippen LogP contribution in [0.25, 0.3) is 11.1 Å². The van der Waals surface area contributed by atoms with Crippen molar-refractivity contribution in [2.45, 2.75) is 19.4 Å². The maximum atomic E-state index is 12.6. The molecule has 0 radical (unpaired) electrons. The first kappa shape index (κ1) is 15.0. The maximum absolute atomic E-state index is 12.6. The van der Waals surface area contributed by atoms with Gasteiger partial charge in [0, 0.05) is 39.3 Å². The van der Waals surface area contributed by atoms with E-state index in [-0.39, 0.29) is 12.0 Å². The van der Waals surface area contributed by atoms with Gasteiger partial charge in [-0.05, 0) is 24.6 Å². The second-order valence-corrected chi connectivity index (χ2v) is 5.44. The van der Waals surface area contributed by atoms with Crippen molar-refractivity contribution in [1.29, 1.82) is 0 Å². The van der Waals surface area contributed by atoms with Crippen molar-refractivity contribution < 1.29 is 18.7 Å². The molecule has 0 aliphatic carbocycles. The van der Waals surface area contributed by atoms with Crippen LogP contribution < -0.4 is 0 Å². The zero-order valence-electron chi connectivity index (χ0n) is 12.9. The fourth-order valence-electron chi connectivity index (χ4n) is 2.68. The smallest absolute Gasteiger partial charge is 0.254 e. The lowest BCUT2D eigenvalue weighted by Crippen LogP contribution is -2.45. The van der Waals surface area contributed by atoms with Crippen LogP contribution in [-0.2, 0) is 9.47 Å². The summed E-state index contributed by atoms with van der Waals surface area (Å²) >= 11 is 0. The molecule has 1 aromatic carbocycles. The van der Waals surface area contributed by atoms with E-state index in [9.17, 15) is 4.79 Å². The van der Waals surface area contributed by atoms with Crippen LogP contribution in [0, 0.1) is 6.92 Å². The van der Waals surface area contributed by atoms with Gasteiger partial charge in [-0.2, -0.15) is 0 Å². The number of carbonyl (C=O) groups excluding carboxylic acids is 1. The maximum Gasteiger partial charge on any atom is 0.254 e. The summed E-state index contributed by atoms with van der Waals surface area (Å²) < 4.78 is 16.2. The number of methoxy groups -OCH3 is 1. The summed E-state index contributed by atoms with van der Waals surface area (Å²) in [5, 5.41) is 0. The molecule has 3 rings (SSSR count). The Balaban J connectivity index is 1.73. The molecular weight excluding hydrogens is 284 g/mol. The Morgan fingerprint density at radius 3 is 3.18 bits per heavy atom. The van der Waals surface area contributed by atoms with E-state index in [1.807, 2.05) is 11.0 Å². The van der Waals surface area contributed by atoms with Gasteiger partial charge in [0.25, 0.3) is 5.91 Å². The highest BCUT2D eigenvalue weighted by Crippen LogP contribution is 2.19. The summed E-state index contributed by atoms with van der Waals surface area (Å²) in [5.41, 5.74) is 2.04. The highest BCUT2D eigenvalue weighted by molar-refractivity contribution is 5.97. The lowest BCUT2D eigenvalue weighted by Gasteiger charge is -2.33. The predicted molar refractivity (Wildman–Crippen MR) is 80.9 cm³/mol. The largest absolute Gasteiger partial charge is 0.441 e. The minimum Gasteiger partial charge on any atom is -0.441 e. The van der Waals surface area contributed by atoms with Crippen LogP contribution in [0.15, 0.2) is 22.6 Å². The third-order valence-corrected chi connectivity index (χ3v) is 3.81. The third kappa shape index (κ3) is 3.13. The van der Waals surface area contributed by atoms with Crippen molar-refractivity contribution in [1.82, 2.24) is 9.88 Å². The number of amides is 1. The van der Waals surface area contributed by atoms with Gasteiger partial charge in [0.15, 0.2) is 11.5 Å². The van der Waals surface area contributed by atoms with E-state index in [2.05, 4.69) is 4.98 Å². The average molecular weight is 304 g/mol. The van der Waals surface area contributed by atoms with Gasteiger partial charge in [-0.3, -0.25) is 4.79 Å². The number of aromatic nitrogens is 1. The molecule has 1 fully saturated rings. The Bertz CT molecular complexity index is 667. The van der Waals surface area contributed by atoms with E-state index in [0.717, 1.165) is 11.9 Å². The molecule has 2 heterocycles. The molecule has 1 saturated heterocycles. The number of fused-ring (bicyclic) bond motifs is 1. The van der Waals surface area contributed by atoms with Crippen LogP contribution in [0.5, 0.6) is 0 Å². The molecule has 0 bridgehead atoms. The Hall–Kier alpha value is -1.92. The van der Waals surface area contributed by atoms with Gasteiger partial charge in [0.2, 0.25) is 0 Å². The van der Waals surface area contributed by atoms with Gasteiger partial charge in [0.1, 0.15) is 5.52 Å². The number of morpholine rings is 1. The molecule has 0 spiro atoms. The van der Waals surface area contributed by atoms with Crippen LogP contribution in [-0.4, -0.2) is 55.3 Å². The van der Waals surface area contributed by atoms with E-state index in [1.165, 1.54) is 0 Å². The van der Waals surface area contributed by atoms with Crippen LogP contribution >= 0.6 is 0 Å². The molecule has 0 saturated carbocycles. The minimum atomic E-state index is 0.00155. The molecule has 6 heteroatoms. The standard InChI is InChI=1S/C16H20N2O4/c1-11-17-14-4-3-12(9-15(14)22-11)16(19)18-6-8-21-13(10-18)5-7-20-2/h3-4,9,13H,5-8,10H2,1-2H3/t13-/m0/s1. The van der Waals surface area contributed by atoms with Crippen molar-refractivity contribution in [3.8, 4) is 0 Å². The predicted octanol–water partition coefficient (Wildman–Crippen LogP) is 2.01. The van der Waals surface area contributed by atoms with Crippen molar-refractivity contribution in [3.63, 3.8) is 0 Å². The Kier molecular flexibility index (Phi) is 4.40. The summed E-state index contributed by atoms with van der Waals surface area (Å²) in [4.78, 5) is 18.7. The van der Waals surface area contributed by atoms with Gasteiger partial charge in [-0.25, -0.2) is 4.98 Å². The number of rotatable bonds is 4. The van der Waals surface area contributed by atoms with Gasteiger partial charge in [0.05, 0.1) is 12.7 Å². The van der Waals surface area contributed by atoms with Crippen molar-refractivity contribution in [3.05, 3.63) is 29.7 Å². The lowest BCUT2D eigenvalue weighted by molar-refractivity contribution is -0.0332. The number of benzene rings is 1. The number of hydrogen-bond donors (Lipinski definition) is 0. The number of aryl methyl sites for hydroxylation is 1. The van der Waals surface area contributed by atoms with Crippen LogP contribution in [0.4, 0.5) is 0 Å². The monoisotopic (exact) mass is 304 g/mol. The topological polar surface area (TPSA) is 64.8 Å². The molecule has 1 aromatic heterocycles. The zero-order valence-corrected chi connectivity index (χ0v) is 12.9. The first-order valence-corrected chi connectivity index (χ1v) is 7.44. The summed E-state index contributed by atoms with van der Waals surface area (Å²) in [6, 6.07) is 5.38. The number of hydrogen-bond acceptors (Lipinski definition) is 5. The first-order valence-electron chi connectivity index (χ1n) is 7.44. The van der Waals surface area contributed by atoms with Crippen LogP contribution in [0.3, 0.4) is 0 Å². The molecule has 1 atom stereocenters. The molecule has 1 aliphatic rings. The molecule has 2 aromatic rings. The molecular formula is C16H20N2O4. The van der Waals surface area contributed by atoms with E-state index in [0.29, 0.717) is 43.3 Å². The van der Waals surface area contributed by atoms with Gasteiger partial charge in [-0.15, -0.1) is 0 Å². The zero-order chi connectivity index (χ0) is 15.5. The van der Waals surface area contributed by atoms with Gasteiger partial charge in [-0.1, -0.05) is 0 Å². The Labute approximate surface area is 129 Å². The number of oxazole rings is 1. The van der Waals surface area contributed by atoms with E-state index >= 15 is 0 Å². The molecule has 0 unspecified atom stereocenters. The summed E-state index contributed by atoms with van der Waals surface area (Å²) in [6.07, 6.45) is 0.828. The Morgan fingerprint density at radius 2 is 2.36 bits per heavy atom. The van der Waals surface area contributed by atoms with Gasteiger partial charge < -0.3 is 18.8 Å². The second kappa shape index (κ2) is 6.46. The van der Waals surface area contributed by atoms with Crippen molar-refractivity contribution in [2.75, 3.05) is 33.4 Å². The SMILES string of the molecule is COCC[C@H]1CN(C(=O)c2ccc3nc(C)oc3c2)CCO1. The van der Waals surface area contributed by atoms with E-state index < -0.39 is 0 Å². The summed E-state index contributed by atoms with van der Waals surface area (Å²) in [6.45, 7) is 4.19. The van der Waals surface area contributed by atoms with Crippen molar-refractivity contribution >= 4 is 17.0 Å². The van der Waals surface area contributed by atoms with Gasteiger partial charge >= 0.3 is 0 Å². The fraction of sp³-hybridized carbons (Fsp3) is 0.500. The Morgan fingerprint density at radius 1 is 1.50 bits per heavy atom. The average Bonchev–Trinajstić information content (AvgIpc) is 2.91. The minimum absolute atomic E-state index is 0.00155. The first-order chi connectivity index (χ1) is 10.7. The highest BCUT2D eigenvalue weighted by Gasteiger charge is 2.25. The molecule has 0 N–H and O–H groups in total. The van der Waals surface area contributed by atoms with Crippen LogP contribution in [0.1, 0.15) is 22.7 Å². The quantitative estimate of drug-likeness (QED) is 0.864. The fourth-order valence-corrected chi connectivity index (χ4v) is 2.68. The van der Waals surface area contributed by atoms with Crippen molar-refractivity contribution in [2.24, 2.45) is 0 Å². The molecule has 1 aliphatic heterocycles. The normalized spacial score (nSPS) is 18.8. The number of carbonyl (C=O) groups is 1. The lowest BCUT2D eigenvalue weighted by atomic mass is 10.1. The van der Waals surface area contributed by atoms with E-state index in [1.54, 1.807) is 26.2 Å². The van der Waals surface area contributed by atoms with E-state index in [4.69, 9.17) is 13.9 Å².